The number of aromatic nitrogens is 2. The number of carbonyl (C=O) groups is 5. The number of ketones is 1. The number of halogens is 16. The lowest BCUT2D eigenvalue weighted by Gasteiger charge is -2.17. The van der Waals surface area contributed by atoms with Crippen molar-refractivity contribution in [2.45, 2.75) is 36.8 Å². The number of nitrogens with zero attached hydrogens (tertiary/aromatic N) is 2. The Morgan fingerprint density at radius 3 is 1.26 bits per heavy atom. The SMILES string of the molecule is NC(=O)c1c(F)ccc(O[C@H](CO)C(=O)OCC(=O)c2ccc(C(F)(F)F)cc2)c1F.NC(=O)c1c(F)ccc(O[C@H](CO)c2nc(-c3ccc(C(F)(F)F)cc3)c(Br)o2)c1F.NC(=O)c1c(F)ccc(O[C@H](CO)c2nc(-c3ccc(C(F)(F)F)cc3)co2)c1F. The average Bonchev–Trinajstić information content (AvgIpc) is 2.79. The number of benzene rings is 6. The van der Waals surface area contributed by atoms with Crippen LogP contribution in [0, 0.1) is 34.9 Å². The van der Waals surface area contributed by atoms with E-state index >= 15 is 0 Å². The van der Waals surface area contributed by atoms with Crippen molar-refractivity contribution in [2.75, 3.05) is 26.4 Å². The van der Waals surface area contributed by atoms with Crippen LogP contribution in [0.1, 0.15) is 82.1 Å². The van der Waals surface area contributed by atoms with Gasteiger partial charge in [-0.25, -0.2) is 41.1 Å². The van der Waals surface area contributed by atoms with Crippen molar-refractivity contribution >= 4 is 45.4 Å². The molecule has 19 nitrogen and oxygen atoms in total. The summed E-state index contributed by atoms with van der Waals surface area (Å²) >= 11 is 3.08. The summed E-state index contributed by atoms with van der Waals surface area (Å²) < 4.78 is 228. The van der Waals surface area contributed by atoms with Gasteiger partial charge in [0, 0.05) is 16.7 Å². The van der Waals surface area contributed by atoms with Crippen LogP contribution in [-0.2, 0) is 28.1 Å². The van der Waals surface area contributed by atoms with Gasteiger partial charge in [-0.3, -0.25) is 19.2 Å². The lowest BCUT2D eigenvalue weighted by molar-refractivity contribution is -0.152. The highest BCUT2D eigenvalue weighted by atomic mass is 79.9. The molecule has 488 valence electrons. The molecule has 92 heavy (non-hydrogen) atoms. The number of carbonyl (C=O) groups excluding carboxylic acids is 5. The number of esters is 1. The van der Waals surface area contributed by atoms with Gasteiger partial charge in [0.1, 0.15) is 51.8 Å². The number of Topliss-reactive ketones (excluding diaryl/α,β-unsaturated/α-hetero) is 1. The quantitative estimate of drug-likeness (QED) is 0.0235. The van der Waals surface area contributed by atoms with Crippen molar-refractivity contribution in [1.82, 2.24) is 9.97 Å². The third kappa shape index (κ3) is 17.5. The fourth-order valence-electron chi connectivity index (χ4n) is 7.51. The van der Waals surface area contributed by atoms with Crippen molar-refractivity contribution in [2.24, 2.45) is 17.2 Å². The Balaban J connectivity index is 0.000000219. The number of hydrogen-bond donors (Lipinski definition) is 6. The Morgan fingerprint density at radius 2 is 0.880 bits per heavy atom. The lowest BCUT2D eigenvalue weighted by atomic mass is 10.1. The summed E-state index contributed by atoms with van der Waals surface area (Å²) in [7, 11) is 0. The Hall–Kier alpha value is -10.0. The van der Waals surface area contributed by atoms with Gasteiger partial charge in [-0.15, -0.1) is 0 Å². The average molecular weight is 1380 g/mol. The van der Waals surface area contributed by atoms with Gasteiger partial charge in [-0.05, 0) is 88.7 Å². The van der Waals surface area contributed by atoms with Crippen molar-refractivity contribution in [3.05, 3.63) is 206 Å². The molecule has 3 amide bonds. The Bertz CT molecular complexity index is 3980. The van der Waals surface area contributed by atoms with Gasteiger partial charge in [-0.1, -0.05) is 36.4 Å². The minimum absolute atomic E-state index is 0.0155. The van der Waals surface area contributed by atoms with Crippen LogP contribution >= 0.6 is 15.9 Å². The van der Waals surface area contributed by atoms with Crippen molar-refractivity contribution in [1.29, 1.82) is 0 Å². The summed E-state index contributed by atoms with van der Waals surface area (Å²) in [4.78, 5) is 65.6. The third-order valence-electron chi connectivity index (χ3n) is 12.0. The first-order chi connectivity index (χ1) is 43.1. The topological polar surface area (TPSA) is 313 Å². The number of nitrogens with two attached hydrogens (primary N) is 3. The zero-order chi connectivity index (χ0) is 68.3. The monoisotopic (exact) mass is 1380 g/mol. The van der Waals surface area contributed by atoms with Crippen LogP contribution in [0.4, 0.5) is 65.9 Å². The predicted molar refractivity (Wildman–Crippen MR) is 285 cm³/mol. The second-order valence-electron chi connectivity index (χ2n) is 18.2. The molecule has 2 heterocycles. The van der Waals surface area contributed by atoms with E-state index in [9.17, 15) is 105 Å². The number of aliphatic hydroxyl groups is 3. The van der Waals surface area contributed by atoms with E-state index in [2.05, 4.69) is 30.6 Å². The molecule has 8 rings (SSSR count). The molecule has 35 heteroatoms. The molecule has 8 aromatic rings. The second-order valence-corrected chi connectivity index (χ2v) is 18.9. The van der Waals surface area contributed by atoms with Crippen molar-refractivity contribution in [3.63, 3.8) is 0 Å². The zero-order valence-corrected chi connectivity index (χ0v) is 47.1. The highest BCUT2D eigenvalue weighted by Gasteiger charge is 2.34. The molecule has 9 N–H and O–H groups in total. The maximum Gasteiger partial charge on any atom is 0.416 e. The molecule has 0 aliphatic heterocycles. The number of amides is 3. The standard InChI is InChI=1S/C19H12BrF5N2O4.C19H13F5N2O4.C19H14F5NO6/c20-16-15(8-1-3-9(4-2-8)19(23,24)25)27-18(31-16)12(7-28)30-11-6-5-10(21)13(14(11)22)17(26)29;20-11-5-6-13(16(21)15(11)17(25)28)30-14(7-27)18-26-12(8-29-18)9-1-3-10(4-2-9)19(22,23)24;20-11-5-6-13(16(21)15(11)17(25)28)31-14(7-26)18(29)30-8-12(27)9-1-3-10(4-2-9)19(22,23)24/h1-6,12,28H,7H2,(H2,26,29);1-6,8,14,27H,7H2,(H2,25,28);1-6,14,26H,7-8H2,(H2,25,28)/t12-;2*14-/m111/s1. The van der Waals surface area contributed by atoms with Gasteiger partial charge in [0.05, 0.1) is 36.5 Å². The van der Waals surface area contributed by atoms with Gasteiger partial charge in [0.2, 0.25) is 17.9 Å². The van der Waals surface area contributed by atoms with Crippen LogP contribution in [0.5, 0.6) is 17.2 Å². The van der Waals surface area contributed by atoms with Crippen molar-refractivity contribution < 1.29 is 133 Å². The number of ether oxygens (including phenoxy) is 4. The molecule has 0 aliphatic carbocycles. The smallest absolute Gasteiger partial charge is 0.416 e. The Kier molecular flexibility index (Phi) is 23.0. The van der Waals surface area contributed by atoms with E-state index < -0.39 is 178 Å². The van der Waals surface area contributed by atoms with Gasteiger partial charge in [-0.2, -0.15) is 39.5 Å². The van der Waals surface area contributed by atoms with Crippen LogP contribution in [-0.4, -0.2) is 87.3 Å². The van der Waals surface area contributed by atoms with Gasteiger partial charge in [0.25, 0.3) is 17.7 Å². The second kappa shape index (κ2) is 29.8. The molecule has 0 fully saturated rings. The maximum atomic E-state index is 14.4. The van der Waals surface area contributed by atoms with E-state index in [0.717, 1.165) is 73.0 Å². The molecule has 0 radical (unpaired) electrons. The summed E-state index contributed by atoms with van der Waals surface area (Å²) in [6, 6.07) is 15.9. The first-order valence-electron chi connectivity index (χ1n) is 25.1. The molecular weight excluding hydrogens is 1340 g/mol. The van der Waals surface area contributed by atoms with Crippen LogP contribution in [0.3, 0.4) is 0 Å². The van der Waals surface area contributed by atoms with Crippen LogP contribution in [0.2, 0.25) is 0 Å². The Morgan fingerprint density at radius 1 is 0.500 bits per heavy atom. The normalized spacial score (nSPS) is 12.5. The molecule has 0 bridgehead atoms. The molecule has 0 spiro atoms. The first kappa shape index (κ1) is 71.1. The molecule has 0 saturated heterocycles. The van der Waals surface area contributed by atoms with E-state index in [0.29, 0.717) is 23.8 Å². The lowest BCUT2D eigenvalue weighted by Crippen LogP contribution is -2.34. The summed E-state index contributed by atoms with van der Waals surface area (Å²) in [5, 5.41) is 28.4. The maximum absolute atomic E-state index is 14.4. The Labute approximate surface area is 512 Å². The van der Waals surface area contributed by atoms with Gasteiger partial charge < -0.3 is 60.3 Å². The number of oxazole rings is 2. The fraction of sp³-hybridized carbons (Fsp3) is 0.175. The summed E-state index contributed by atoms with van der Waals surface area (Å²) in [6.07, 6.45) is -17.1. The van der Waals surface area contributed by atoms with Crippen LogP contribution < -0.4 is 31.4 Å². The van der Waals surface area contributed by atoms with Crippen molar-refractivity contribution in [3.8, 4) is 39.8 Å². The minimum atomic E-state index is -4.59. The third-order valence-corrected chi connectivity index (χ3v) is 12.6. The molecule has 0 saturated carbocycles. The molecule has 2 aromatic heterocycles. The number of aliphatic hydroxyl groups excluding tert-OH is 3. The number of alkyl halides is 9. The predicted octanol–water partition coefficient (Wildman–Crippen LogP) is 10.7. The molecular formula is C57H39BrF15N5O14. The van der Waals surface area contributed by atoms with Crippen LogP contribution in [0.15, 0.2) is 129 Å². The van der Waals surface area contributed by atoms with Gasteiger partial charge in [0.15, 0.2) is 64.0 Å². The van der Waals surface area contributed by atoms with E-state index in [1.54, 1.807) is 0 Å². The number of primary amides is 3. The van der Waals surface area contributed by atoms with E-state index in [1.807, 2.05) is 0 Å². The highest BCUT2D eigenvalue weighted by Crippen LogP contribution is 2.38. The largest absolute Gasteiger partial charge is 0.475 e. The van der Waals surface area contributed by atoms with E-state index in [-0.39, 0.29) is 39.0 Å². The number of hydrogen-bond acceptors (Lipinski definition) is 16. The summed E-state index contributed by atoms with van der Waals surface area (Å²) in [5.41, 5.74) is 9.52. The molecule has 6 aromatic carbocycles. The molecule has 3 atom stereocenters. The number of rotatable bonds is 20. The summed E-state index contributed by atoms with van der Waals surface area (Å²) in [5.74, 6) is -16.7. The summed E-state index contributed by atoms with van der Waals surface area (Å²) in [6.45, 7) is -3.46. The first-order valence-corrected chi connectivity index (χ1v) is 25.9. The highest BCUT2D eigenvalue weighted by molar-refractivity contribution is 9.10. The van der Waals surface area contributed by atoms with Crippen LogP contribution in [0.25, 0.3) is 22.5 Å². The fourth-order valence-corrected chi connectivity index (χ4v) is 7.99. The molecule has 0 aliphatic rings. The van der Waals surface area contributed by atoms with Gasteiger partial charge >= 0.3 is 24.5 Å². The zero-order valence-electron chi connectivity index (χ0n) is 45.5. The molecule has 0 unspecified atom stereocenters. The van der Waals surface area contributed by atoms with E-state index in [4.69, 9.17) is 40.2 Å². The minimum Gasteiger partial charge on any atom is -0.475 e. The van der Waals surface area contributed by atoms with E-state index in [1.165, 1.54) is 24.3 Å².